The highest BCUT2D eigenvalue weighted by Crippen LogP contribution is 2.25. The maximum absolute atomic E-state index is 11.7. The molecule has 1 aliphatic rings. The molecule has 9 heteroatoms. The fourth-order valence-electron chi connectivity index (χ4n) is 3.27. The van der Waals surface area contributed by atoms with Gasteiger partial charge >= 0.3 is 0 Å². The fourth-order valence-corrected chi connectivity index (χ4v) is 3.51. The third-order valence-corrected chi connectivity index (χ3v) is 5.31. The molecule has 1 atom stereocenters. The van der Waals surface area contributed by atoms with E-state index >= 15 is 0 Å². The van der Waals surface area contributed by atoms with Gasteiger partial charge in [-0.15, -0.1) is 0 Å². The van der Waals surface area contributed by atoms with E-state index in [1.54, 1.807) is 27.3 Å². The van der Waals surface area contributed by atoms with Gasteiger partial charge in [0.2, 0.25) is 0 Å². The normalized spacial score (nSPS) is 16.2. The first-order valence-corrected chi connectivity index (χ1v) is 10.6. The minimum absolute atomic E-state index is 0.0194. The number of benzene rings is 1. The van der Waals surface area contributed by atoms with E-state index in [0.29, 0.717) is 17.3 Å². The summed E-state index contributed by atoms with van der Waals surface area (Å²) in [5.74, 6) is 2.14. The summed E-state index contributed by atoms with van der Waals surface area (Å²) in [6.07, 6.45) is 2.73. The maximum Gasteiger partial charge on any atom is 0.259 e. The fraction of sp³-hybridized carbons (Fsp3) is 0.409. The van der Waals surface area contributed by atoms with Crippen LogP contribution >= 0.6 is 11.6 Å². The molecule has 1 unspecified atom stereocenters. The largest absolute Gasteiger partial charge is 0.484 e. The molecule has 2 N–H and O–H groups in total. The second-order valence-corrected chi connectivity index (χ2v) is 7.94. The van der Waals surface area contributed by atoms with Gasteiger partial charge in [0.05, 0.1) is 5.02 Å². The molecule has 1 aromatic carbocycles. The second-order valence-electron chi connectivity index (χ2n) is 7.53. The van der Waals surface area contributed by atoms with Crippen molar-refractivity contribution in [3.8, 4) is 5.75 Å². The Morgan fingerprint density at radius 2 is 2.19 bits per heavy atom. The number of anilines is 1. The van der Waals surface area contributed by atoms with Crippen LogP contribution in [0.2, 0.25) is 5.02 Å². The van der Waals surface area contributed by atoms with Crippen molar-refractivity contribution in [1.82, 2.24) is 20.5 Å². The number of aliphatic imine (C=N–C) groups is 1. The molecule has 2 aromatic rings. The number of nitrogens with zero attached hydrogens (tertiary/aromatic N) is 4. The lowest BCUT2D eigenvalue weighted by molar-refractivity contribution is -0.130. The van der Waals surface area contributed by atoms with Crippen LogP contribution in [0.15, 0.2) is 47.6 Å². The van der Waals surface area contributed by atoms with Crippen LogP contribution in [-0.4, -0.2) is 68.6 Å². The summed E-state index contributed by atoms with van der Waals surface area (Å²) in [7, 11) is 5.17. The van der Waals surface area contributed by atoms with Crippen molar-refractivity contribution in [2.45, 2.75) is 19.0 Å². The summed E-state index contributed by atoms with van der Waals surface area (Å²) in [4.78, 5) is 24.1. The average molecular weight is 445 g/mol. The first kappa shape index (κ1) is 22.7. The Labute approximate surface area is 188 Å². The number of carbonyl (C=O) groups is 1. The minimum Gasteiger partial charge on any atom is -0.484 e. The lowest BCUT2D eigenvalue weighted by Crippen LogP contribution is -2.44. The zero-order valence-electron chi connectivity index (χ0n) is 18.1. The van der Waals surface area contributed by atoms with Gasteiger partial charge in [-0.05, 0) is 36.2 Å². The molecule has 0 bridgehead atoms. The topological polar surface area (TPSA) is 82.1 Å². The van der Waals surface area contributed by atoms with Crippen LogP contribution in [0, 0.1) is 0 Å². The van der Waals surface area contributed by atoms with Crippen molar-refractivity contribution in [2.75, 3.05) is 45.7 Å². The van der Waals surface area contributed by atoms with Gasteiger partial charge in [-0.25, -0.2) is 4.98 Å². The Hall–Kier alpha value is -3.00. The van der Waals surface area contributed by atoms with E-state index in [2.05, 4.69) is 25.5 Å². The van der Waals surface area contributed by atoms with E-state index in [1.165, 1.54) is 4.90 Å². The van der Waals surface area contributed by atoms with E-state index in [0.717, 1.165) is 36.9 Å². The Morgan fingerprint density at radius 1 is 1.35 bits per heavy atom. The van der Waals surface area contributed by atoms with Gasteiger partial charge in [0.1, 0.15) is 11.6 Å². The predicted octanol–water partition coefficient (Wildman–Crippen LogP) is 2.15. The van der Waals surface area contributed by atoms with Crippen LogP contribution < -0.4 is 20.3 Å². The van der Waals surface area contributed by atoms with Crippen molar-refractivity contribution in [2.24, 2.45) is 4.99 Å². The van der Waals surface area contributed by atoms with E-state index in [-0.39, 0.29) is 18.6 Å². The van der Waals surface area contributed by atoms with Crippen molar-refractivity contribution >= 4 is 29.3 Å². The summed E-state index contributed by atoms with van der Waals surface area (Å²) in [5, 5.41) is 7.47. The Bertz CT molecular complexity index is 920. The lowest BCUT2D eigenvalue weighted by Gasteiger charge is -2.20. The van der Waals surface area contributed by atoms with Crippen LogP contribution in [0.25, 0.3) is 0 Å². The molecule has 0 radical (unpaired) electrons. The number of nitrogens with one attached hydrogen (secondary N) is 2. The molecular weight excluding hydrogens is 416 g/mol. The summed E-state index contributed by atoms with van der Waals surface area (Å²) >= 11 is 6.28. The van der Waals surface area contributed by atoms with Crippen LogP contribution in [0.4, 0.5) is 5.82 Å². The number of rotatable bonds is 7. The van der Waals surface area contributed by atoms with E-state index in [4.69, 9.17) is 16.3 Å². The molecule has 0 spiro atoms. The average Bonchev–Trinajstić information content (AvgIpc) is 3.23. The Balaban J connectivity index is 1.49. The molecule has 1 amide bonds. The first-order valence-electron chi connectivity index (χ1n) is 10.2. The Kier molecular flexibility index (Phi) is 7.94. The molecule has 1 fully saturated rings. The Morgan fingerprint density at radius 3 is 2.94 bits per heavy atom. The third-order valence-electron chi connectivity index (χ3n) is 5.01. The molecule has 1 saturated heterocycles. The summed E-state index contributed by atoms with van der Waals surface area (Å²) in [6, 6.07) is 11.6. The van der Waals surface area contributed by atoms with E-state index in [9.17, 15) is 4.79 Å². The highest BCUT2D eigenvalue weighted by molar-refractivity contribution is 6.32. The van der Waals surface area contributed by atoms with Gasteiger partial charge < -0.3 is 25.2 Å². The van der Waals surface area contributed by atoms with Crippen molar-refractivity contribution in [3.05, 3.63) is 53.2 Å². The zero-order chi connectivity index (χ0) is 22.2. The molecule has 1 aromatic heterocycles. The molecule has 0 aliphatic carbocycles. The van der Waals surface area contributed by atoms with Gasteiger partial charge in [0.15, 0.2) is 12.6 Å². The van der Waals surface area contributed by atoms with Crippen LogP contribution in [0.1, 0.15) is 12.0 Å². The smallest absolute Gasteiger partial charge is 0.259 e. The number of amides is 1. The molecule has 3 rings (SSSR count). The number of halogens is 1. The summed E-state index contributed by atoms with van der Waals surface area (Å²) in [6.45, 7) is 2.30. The van der Waals surface area contributed by atoms with Gasteiger partial charge in [-0.1, -0.05) is 23.7 Å². The van der Waals surface area contributed by atoms with E-state index < -0.39 is 0 Å². The van der Waals surface area contributed by atoms with Crippen molar-refractivity contribution in [3.63, 3.8) is 0 Å². The summed E-state index contributed by atoms with van der Waals surface area (Å²) in [5.41, 5.74) is 1.03. The quantitative estimate of drug-likeness (QED) is 0.503. The van der Waals surface area contributed by atoms with Crippen LogP contribution in [0.3, 0.4) is 0 Å². The number of hydrogen-bond acceptors (Lipinski definition) is 5. The van der Waals surface area contributed by atoms with Crippen molar-refractivity contribution < 1.29 is 9.53 Å². The van der Waals surface area contributed by atoms with Crippen molar-refractivity contribution in [1.29, 1.82) is 0 Å². The van der Waals surface area contributed by atoms with Crippen LogP contribution in [0.5, 0.6) is 5.75 Å². The molecule has 8 nitrogen and oxygen atoms in total. The van der Waals surface area contributed by atoms with Gasteiger partial charge in [0.25, 0.3) is 5.91 Å². The predicted molar refractivity (Wildman–Crippen MR) is 124 cm³/mol. The molecule has 31 heavy (non-hydrogen) atoms. The zero-order valence-corrected chi connectivity index (χ0v) is 18.9. The highest BCUT2D eigenvalue weighted by atomic mass is 35.5. The molecule has 166 valence electrons. The van der Waals surface area contributed by atoms with E-state index in [1.807, 2.05) is 36.4 Å². The lowest BCUT2D eigenvalue weighted by atomic mass is 10.2. The maximum atomic E-state index is 11.7. The molecular formula is C22H29ClN6O2. The molecule has 0 saturated carbocycles. The molecule has 2 heterocycles. The minimum atomic E-state index is -0.0780. The SMILES string of the molecule is CN=C(NCc1cccc(OCC(=O)N(C)C)c1)NC1CCN(c2ncccc2Cl)C1. The van der Waals surface area contributed by atoms with Crippen LogP contribution in [-0.2, 0) is 11.3 Å². The number of aromatic nitrogens is 1. The molecule has 1 aliphatic heterocycles. The highest BCUT2D eigenvalue weighted by Gasteiger charge is 2.25. The summed E-state index contributed by atoms with van der Waals surface area (Å²) < 4.78 is 5.59. The number of carbonyl (C=O) groups excluding carboxylic acids is 1. The second kappa shape index (κ2) is 10.9. The monoisotopic (exact) mass is 444 g/mol. The first-order chi connectivity index (χ1) is 15.0. The number of guanidine groups is 1. The standard InChI is InChI=1S/C22H29ClN6O2/c1-24-22(27-17-9-11-29(14-17)21-19(23)8-5-10-25-21)26-13-16-6-4-7-18(12-16)31-15-20(30)28(2)3/h4-8,10,12,17H,9,11,13-15H2,1-3H3,(H2,24,26,27). The number of ether oxygens (including phenoxy) is 1. The number of pyridine rings is 1. The number of hydrogen-bond donors (Lipinski definition) is 2. The third kappa shape index (κ3) is 6.49. The van der Waals surface area contributed by atoms with Gasteiger partial charge in [-0.2, -0.15) is 0 Å². The number of likely N-dealkylation sites (N-methyl/N-ethyl adjacent to an activating group) is 1. The van der Waals surface area contributed by atoms with Gasteiger partial charge in [0, 0.05) is 53.0 Å². The van der Waals surface area contributed by atoms with Gasteiger partial charge in [-0.3, -0.25) is 9.79 Å².